The van der Waals surface area contributed by atoms with Gasteiger partial charge in [0.25, 0.3) is 11.1 Å². The Labute approximate surface area is 325 Å². The van der Waals surface area contributed by atoms with E-state index >= 15 is 0 Å². The number of cyclic esters (lactones) is 2. The molecule has 3 N–H and O–H groups in total. The van der Waals surface area contributed by atoms with E-state index in [4.69, 9.17) is 19.4 Å². The summed E-state index contributed by atoms with van der Waals surface area (Å²) in [5.41, 5.74) is 3.84. The third-order valence-corrected chi connectivity index (χ3v) is 11.7. The van der Waals surface area contributed by atoms with Crippen LogP contribution in [0.2, 0.25) is 0 Å². The molecular weight excluding hydrogens is 730 g/mol. The van der Waals surface area contributed by atoms with Gasteiger partial charge in [-0.2, -0.15) is 0 Å². The molecule has 2 atom stereocenters. The average Bonchev–Trinajstić information content (AvgIpc) is 3.75. The van der Waals surface area contributed by atoms with Crippen molar-refractivity contribution in [2.24, 2.45) is 0 Å². The molecule has 0 amide bonds. The van der Waals surface area contributed by atoms with E-state index in [0.29, 0.717) is 64.5 Å². The molecule has 4 aliphatic heterocycles. The van der Waals surface area contributed by atoms with Crippen molar-refractivity contribution in [3.63, 3.8) is 0 Å². The van der Waals surface area contributed by atoms with Crippen LogP contribution in [-0.4, -0.2) is 65.4 Å². The third kappa shape index (κ3) is 5.35. The molecule has 4 aliphatic rings. The molecule has 57 heavy (non-hydrogen) atoms. The fourth-order valence-corrected chi connectivity index (χ4v) is 8.51. The number of hydrogen-bond acceptors (Lipinski definition) is 12. The van der Waals surface area contributed by atoms with E-state index in [2.05, 4.69) is 0 Å². The lowest BCUT2D eigenvalue weighted by Crippen LogP contribution is -2.44. The van der Waals surface area contributed by atoms with E-state index < -0.39 is 23.1 Å². The van der Waals surface area contributed by atoms with Crippen molar-refractivity contribution < 1.29 is 34.4 Å². The highest BCUT2D eigenvalue weighted by molar-refractivity contribution is 5.90. The molecule has 0 bridgehead atoms. The Kier molecular flexibility index (Phi) is 8.25. The number of ether oxygens (including phenoxy) is 2. The van der Waals surface area contributed by atoms with Crippen molar-refractivity contribution in [2.45, 2.75) is 70.7 Å². The molecule has 8 heterocycles. The highest BCUT2D eigenvalue weighted by atomic mass is 16.6. The zero-order chi connectivity index (χ0) is 40.1. The minimum absolute atomic E-state index is 0.104. The van der Waals surface area contributed by atoms with Gasteiger partial charge in [-0.3, -0.25) is 9.59 Å². The van der Waals surface area contributed by atoms with Crippen LogP contribution in [0.3, 0.4) is 0 Å². The number of fused-ring (bicyclic) bond motifs is 10. The first-order valence-electron chi connectivity index (χ1n) is 18.8. The topological polar surface area (TPSA) is 186 Å². The molecule has 2 aromatic carbocycles. The number of aliphatic hydroxyl groups is 2. The van der Waals surface area contributed by atoms with E-state index in [1.165, 1.54) is 0 Å². The minimum Gasteiger partial charge on any atom is -0.508 e. The van der Waals surface area contributed by atoms with Crippen LogP contribution in [0, 0.1) is 0 Å². The Morgan fingerprint density at radius 2 is 1.25 bits per heavy atom. The zero-order valence-electron chi connectivity index (χ0n) is 31.8. The Balaban J connectivity index is 0.000000150. The number of carbonyl (C=O) groups is 2. The molecule has 0 unspecified atom stereocenters. The van der Waals surface area contributed by atoms with Gasteiger partial charge in [-0.05, 0) is 69.4 Å². The first kappa shape index (κ1) is 36.4. The molecule has 0 fully saturated rings. The molecule has 0 saturated carbocycles. The van der Waals surface area contributed by atoms with Crippen LogP contribution >= 0.6 is 0 Å². The second-order valence-electron chi connectivity index (χ2n) is 15.3. The summed E-state index contributed by atoms with van der Waals surface area (Å²) in [4.78, 5) is 62.2. The summed E-state index contributed by atoms with van der Waals surface area (Å²) in [5.74, 6) is -1.24. The summed E-state index contributed by atoms with van der Waals surface area (Å²) in [6, 6.07) is 18.6. The Bertz CT molecular complexity index is 2880. The van der Waals surface area contributed by atoms with Crippen LogP contribution in [0.5, 0.6) is 5.75 Å². The molecule has 0 radical (unpaired) electrons. The SMILES string of the molecule is CC[C@@]1(O)C(=O)OCc2c1cc1n(c2=O)Cc2cc3c(CN(C)C)c(O)ccc3nc2-1.CC[C@@]1(O)C(=O)OCc2c1cc1n(c2=O)Cc2cc3ccccc3nc2-1. The van der Waals surface area contributed by atoms with Crippen LogP contribution in [0.25, 0.3) is 44.6 Å². The van der Waals surface area contributed by atoms with Crippen LogP contribution < -0.4 is 11.1 Å². The molecular formula is C43H39N5O9. The average molecular weight is 770 g/mol. The summed E-state index contributed by atoms with van der Waals surface area (Å²) in [6.45, 7) is 4.42. The molecule has 10 rings (SSSR count). The number of carbonyl (C=O) groups excluding carboxylic acids is 2. The smallest absolute Gasteiger partial charge is 0.343 e. The largest absolute Gasteiger partial charge is 0.508 e. The first-order valence-corrected chi connectivity index (χ1v) is 18.8. The zero-order valence-corrected chi connectivity index (χ0v) is 31.8. The van der Waals surface area contributed by atoms with Crippen LogP contribution in [-0.2, 0) is 63.1 Å². The molecule has 6 aromatic rings. The summed E-state index contributed by atoms with van der Waals surface area (Å²) in [6.07, 6.45) is 0.243. The minimum atomic E-state index is -1.84. The van der Waals surface area contributed by atoms with Gasteiger partial charge >= 0.3 is 11.9 Å². The predicted molar refractivity (Wildman–Crippen MR) is 208 cm³/mol. The van der Waals surface area contributed by atoms with Gasteiger partial charge in [-0.25, -0.2) is 19.6 Å². The van der Waals surface area contributed by atoms with Crippen molar-refractivity contribution >= 4 is 33.7 Å². The lowest BCUT2D eigenvalue weighted by atomic mass is 9.86. The van der Waals surface area contributed by atoms with E-state index in [1.54, 1.807) is 47.2 Å². The van der Waals surface area contributed by atoms with Gasteiger partial charge in [0.15, 0.2) is 11.2 Å². The van der Waals surface area contributed by atoms with Gasteiger partial charge in [-0.1, -0.05) is 32.0 Å². The highest BCUT2D eigenvalue weighted by Gasteiger charge is 2.46. The van der Waals surface area contributed by atoms with Crippen LogP contribution in [0.15, 0.2) is 70.3 Å². The van der Waals surface area contributed by atoms with Crippen molar-refractivity contribution in [1.29, 1.82) is 0 Å². The molecule has 14 heteroatoms. The molecule has 0 aliphatic carbocycles. The Hall–Kier alpha value is -6.22. The Morgan fingerprint density at radius 3 is 1.79 bits per heavy atom. The highest BCUT2D eigenvalue weighted by Crippen LogP contribution is 2.41. The summed E-state index contributed by atoms with van der Waals surface area (Å²) < 4.78 is 13.4. The van der Waals surface area contributed by atoms with E-state index in [9.17, 15) is 34.5 Å². The van der Waals surface area contributed by atoms with Crippen LogP contribution in [0.1, 0.15) is 65.6 Å². The fourth-order valence-electron chi connectivity index (χ4n) is 8.51. The summed E-state index contributed by atoms with van der Waals surface area (Å²) in [7, 11) is 3.86. The Morgan fingerprint density at radius 1 is 0.719 bits per heavy atom. The number of esters is 2. The lowest BCUT2D eigenvalue weighted by molar-refractivity contribution is -0.172. The monoisotopic (exact) mass is 769 g/mol. The molecule has 0 saturated heterocycles. The first-order chi connectivity index (χ1) is 27.3. The maximum Gasteiger partial charge on any atom is 0.343 e. The van der Waals surface area contributed by atoms with Crippen molar-refractivity contribution in [2.75, 3.05) is 14.1 Å². The van der Waals surface area contributed by atoms with Gasteiger partial charge < -0.3 is 38.8 Å². The molecule has 0 spiro atoms. The number of phenols is 1. The van der Waals surface area contributed by atoms with Gasteiger partial charge in [-0.15, -0.1) is 0 Å². The number of pyridine rings is 4. The number of aromatic nitrogens is 4. The fraction of sp³-hybridized carbons (Fsp3) is 0.302. The van der Waals surface area contributed by atoms with E-state index in [1.807, 2.05) is 55.4 Å². The number of aromatic hydroxyl groups is 1. The van der Waals surface area contributed by atoms with Gasteiger partial charge in [0.05, 0.1) is 58.0 Å². The van der Waals surface area contributed by atoms with Gasteiger partial charge in [0.1, 0.15) is 19.0 Å². The van der Waals surface area contributed by atoms with Crippen molar-refractivity contribution in [1.82, 2.24) is 24.0 Å². The number of rotatable bonds is 4. The van der Waals surface area contributed by atoms with Crippen LogP contribution in [0.4, 0.5) is 0 Å². The number of benzene rings is 2. The maximum absolute atomic E-state index is 13.2. The molecule has 4 aromatic heterocycles. The summed E-state index contributed by atoms with van der Waals surface area (Å²) in [5, 5.41) is 34.0. The second kappa shape index (κ2) is 12.9. The van der Waals surface area contributed by atoms with E-state index in [-0.39, 0.29) is 42.9 Å². The number of nitrogens with zero attached hydrogens (tertiary/aromatic N) is 5. The quantitative estimate of drug-likeness (QED) is 0.220. The van der Waals surface area contributed by atoms with E-state index in [0.717, 1.165) is 38.7 Å². The maximum atomic E-state index is 13.2. The predicted octanol–water partition coefficient (Wildman–Crippen LogP) is 3.93. The second-order valence-corrected chi connectivity index (χ2v) is 15.3. The third-order valence-electron chi connectivity index (χ3n) is 11.7. The standard InChI is InChI=1S/C23H23N3O5.C20H16N2O4/c1-4-23(30)16-8-18-20-12(9-26(18)21(28)15(16)11-31-22(23)29)7-13-14(10-25(2)3)19(27)6-5-17(13)24-20;1-2-20(25)14-8-16-17-12(7-11-5-3-4-6-15(11)21-17)9-22(16)18(23)13(14)10-26-19(20)24/h5-8,27,30H,4,9-11H2,1-3H3;3-8,25H,2,9-10H2,1H3/t23-;20-/m00/s1. The number of phenolic OH excluding ortho intramolecular Hbond substituents is 1. The van der Waals surface area contributed by atoms with Gasteiger partial charge in [0, 0.05) is 45.1 Å². The van der Waals surface area contributed by atoms with Crippen molar-refractivity contribution in [3.8, 4) is 28.5 Å². The molecule has 290 valence electrons. The summed E-state index contributed by atoms with van der Waals surface area (Å²) >= 11 is 0. The van der Waals surface area contributed by atoms with Gasteiger partial charge in [0.2, 0.25) is 0 Å². The lowest BCUT2D eigenvalue weighted by Gasteiger charge is -2.31. The molecule has 14 nitrogen and oxygen atoms in total. The number of hydrogen-bond donors (Lipinski definition) is 3. The number of para-hydroxylation sites is 1. The normalized spacial score (nSPS) is 19.8. The van der Waals surface area contributed by atoms with Crippen molar-refractivity contribution in [3.05, 3.63) is 120 Å².